The fraction of sp³-hybridized carbons (Fsp3) is 0.800. The highest BCUT2D eigenvalue weighted by Crippen LogP contribution is 2.10. The molecule has 0 aromatic carbocycles. The van der Waals surface area contributed by atoms with E-state index in [1.807, 2.05) is 0 Å². The predicted molar refractivity (Wildman–Crippen MR) is 54.7 cm³/mol. The summed E-state index contributed by atoms with van der Waals surface area (Å²) in [5.41, 5.74) is 0. The molecule has 0 aromatic heterocycles. The Morgan fingerprint density at radius 2 is 2.44 bits per heavy atom. The van der Waals surface area contributed by atoms with Gasteiger partial charge in [-0.2, -0.15) is 0 Å². The van der Waals surface area contributed by atoms with Gasteiger partial charge in [0, 0.05) is 13.2 Å². The Balaban J connectivity index is 1.72. The van der Waals surface area contributed by atoms with Crippen molar-refractivity contribution in [2.75, 3.05) is 26.4 Å². The Labute approximate surface area is 93.7 Å². The number of morpholine rings is 1. The average molecular weight is 228 g/mol. The molecule has 2 atom stereocenters. The van der Waals surface area contributed by atoms with Gasteiger partial charge in [0.05, 0.1) is 12.7 Å². The van der Waals surface area contributed by atoms with Gasteiger partial charge in [0.2, 0.25) is 11.8 Å². The summed E-state index contributed by atoms with van der Waals surface area (Å²) in [6.07, 6.45) is 2.14. The second kappa shape index (κ2) is 5.27. The SMILES string of the molecule is O=C1COCC(C(=O)NCC2CCCO2)N1. The van der Waals surface area contributed by atoms with E-state index in [0.717, 1.165) is 19.4 Å². The third-order valence-electron chi connectivity index (χ3n) is 2.70. The van der Waals surface area contributed by atoms with Crippen LogP contribution in [0.25, 0.3) is 0 Å². The van der Waals surface area contributed by atoms with Gasteiger partial charge in [-0.05, 0) is 12.8 Å². The van der Waals surface area contributed by atoms with E-state index in [1.165, 1.54) is 0 Å². The molecule has 0 spiro atoms. The van der Waals surface area contributed by atoms with Crippen molar-refractivity contribution in [3.63, 3.8) is 0 Å². The van der Waals surface area contributed by atoms with Crippen molar-refractivity contribution >= 4 is 11.8 Å². The maximum absolute atomic E-state index is 11.6. The Morgan fingerprint density at radius 3 is 3.12 bits per heavy atom. The number of carbonyl (C=O) groups excluding carboxylic acids is 2. The highest BCUT2D eigenvalue weighted by molar-refractivity contribution is 5.89. The molecule has 6 nitrogen and oxygen atoms in total. The zero-order chi connectivity index (χ0) is 11.4. The largest absolute Gasteiger partial charge is 0.376 e. The topological polar surface area (TPSA) is 76.7 Å². The van der Waals surface area contributed by atoms with Gasteiger partial charge in [0.25, 0.3) is 0 Å². The molecule has 0 saturated carbocycles. The first kappa shape index (κ1) is 11.3. The van der Waals surface area contributed by atoms with Crippen molar-refractivity contribution in [3.05, 3.63) is 0 Å². The number of amides is 2. The number of carbonyl (C=O) groups is 2. The Bertz CT molecular complexity index is 276. The maximum Gasteiger partial charge on any atom is 0.246 e. The van der Waals surface area contributed by atoms with Crippen LogP contribution in [0.3, 0.4) is 0 Å². The number of ether oxygens (including phenoxy) is 2. The summed E-state index contributed by atoms with van der Waals surface area (Å²) < 4.78 is 10.4. The summed E-state index contributed by atoms with van der Waals surface area (Å²) in [4.78, 5) is 22.6. The second-order valence-electron chi connectivity index (χ2n) is 4.02. The molecule has 2 unspecified atom stereocenters. The lowest BCUT2D eigenvalue weighted by atomic mass is 10.2. The lowest BCUT2D eigenvalue weighted by molar-refractivity contribution is -0.138. The first-order valence-electron chi connectivity index (χ1n) is 5.52. The summed E-state index contributed by atoms with van der Waals surface area (Å²) in [5, 5.41) is 5.33. The monoisotopic (exact) mass is 228 g/mol. The van der Waals surface area contributed by atoms with Gasteiger partial charge in [0.15, 0.2) is 0 Å². The number of hydrogen-bond donors (Lipinski definition) is 2. The fourth-order valence-corrected chi connectivity index (χ4v) is 1.83. The normalized spacial score (nSPS) is 29.9. The summed E-state index contributed by atoms with van der Waals surface area (Å²) in [6.45, 7) is 1.55. The Kier molecular flexibility index (Phi) is 3.74. The first-order chi connectivity index (χ1) is 7.75. The summed E-state index contributed by atoms with van der Waals surface area (Å²) in [5.74, 6) is -0.452. The van der Waals surface area contributed by atoms with Crippen LogP contribution in [0.4, 0.5) is 0 Å². The molecule has 0 aromatic rings. The van der Waals surface area contributed by atoms with Crippen LogP contribution >= 0.6 is 0 Å². The molecule has 6 heteroatoms. The van der Waals surface area contributed by atoms with Crippen molar-refractivity contribution in [2.45, 2.75) is 25.0 Å². The molecule has 0 radical (unpaired) electrons. The van der Waals surface area contributed by atoms with Gasteiger partial charge < -0.3 is 20.1 Å². The Morgan fingerprint density at radius 1 is 1.56 bits per heavy atom. The van der Waals surface area contributed by atoms with E-state index in [4.69, 9.17) is 9.47 Å². The lowest BCUT2D eigenvalue weighted by Gasteiger charge is -2.23. The molecular weight excluding hydrogens is 212 g/mol. The van der Waals surface area contributed by atoms with Gasteiger partial charge in [-0.15, -0.1) is 0 Å². The third-order valence-corrected chi connectivity index (χ3v) is 2.70. The molecule has 2 rings (SSSR count). The van der Waals surface area contributed by atoms with Crippen LogP contribution in [0, 0.1) is 0 Å². The molecule has 2 fully saturated rings. The third kappa shape index (κ3) is 2.93. The zero-order valence-electron chi connectivity index (χ0n) is 9.03. The highest BCUT2D eigenvalue weighted by atomic mass is 16.5. The standard InChI is InChI=1S/C10H16N2O4/c13-9-6-15-5-8(12-9)10(14)11-4-7-2-1-3-16-7/h7-8H,1-6H2,(H,11,14)(H,12,13). The van der Waals surface area contributed by atoms with E-state index in [0.29, 0.717) is 6.54 Å². The van der Waals surface area contributed by atoms with Crippen molar-refractivity contribution in [1.29, 1.82) is 0 Å². The maximum atomic E-state index is 11.6. The quantitative estimate of drug-likeness (QED) is 0.636. The van der Waals surface area contributed by atoms with Crippen LogP contribution in [-0.4, -0.2) is 50.3 Å². The van der Waals surface area contributed by atoms with Crippen LogP contribution in [0.2, 0.25) is 0 Å². The molecule has 16 heavy (non-hydrogen) atoms. The molecule has 2 aliphatic heterocycles. The zero-order valence-corrected chi connectivity index (χ0v) is 9.03. The van der Waals surface area contributed by atoms with Crippen LogP contribution in [0.1, 0.15) is 12.8 Å². The molecule has 2 aliphatic rings. The van der Waals surface area contributed by atoms with E-state index < -0.39 is 6.04 Å². The molecule has 90 valence electrons. The number of nitrogens with one attached hydrogen (secondary N) is 2. The molecule has 0 aliphatic carbocycles. The first-order valence-corrected chi connectivity index (χ1v) is 5.52. The van der Waals surface area contributed by atoms with Crippen LogP contribution in [-0.2, 0) is 19.1 Å². The smallest absolute Gasteiger partial charge is 0.246 e. The van der Waals surface area contributed by atoms with Crippen LogP contribution < -0.4 is 10.6 Å². The number of hydrogen-bond acceptors (Lipinski definition) is 4. The van der Waals surface area contributed by atoms with Crippen molar-refractivity contribution in [3.8, 4) is 0 Å². The van der Waals surface area contributed by atoms with E-state index >= 15 is 0 Å². The lowest BCUT2D eigenvalue weighted by Crippen LogP contribution is -2.54. The minimum absolute atomic E-state index is 0.0372. The van der Waals surface area contributed by atoms with E-state index in [1.54, 1.807) is 0 Å². The molecule has 2 N–H and O–H groups in total. The molecular formula is C10H16N2O4. The number of rotatable bonds is 3. The van der Waals surface area contributed by atoms with Crippen molar-refractivity contribution < 1.29 is 19.1 Å². The van der Waals surface area contributed by atoms with Gasteiger partial charge in [-0.3, -0.25) is 9.59 Å². The van der Waals surface area contributed by atoms with Crippen molar-refractivity contribution in [2.24, 2.45) is 0 Å². The highest BCUT2D eigenvalue weighted by Gasteiger charge is 2.26. The van der Waals surface area contributed by atoms with E-state index in [2.05, 4.69) is 10.6 Å². The second-order valence-corrected chi connectivity index (χ2v) is 4.02. The van der Waals surface area contributed by atoms with E-state index in [9.17, 15) is 9.59 Å². The average Bonchev–Trinajstić information content (AvgIpc) is 2.78. The van der Waals surface area contributed by atoms with Gasteiger partial charge in [-0.25, -0.2) is 0 Å². The summed E-state index contributed by atoms with van der Waals surface area (Å²) in [7, 11) is 0. The van der Waals surface area contributed by atoms with Gasteiger partial charge in [0.1, 0.15) is 12.6 Å². The minimum atomic E-state index is -0.567. The van der Waals surface area contributed by atoms with E-state index in [-0.39, 0.29) is 31.1 Å². The fourth-order valence-electron chi connectivity index (χ4n) is 1.83. The molecule has 2 amide bonds. The van der Waals surface area contributed by atoms with Gasteiger partial charge >= 0.3 is 0 Å². The Hall–Kier alpha value is -1.14. The van der Waals surface area contributed by atoms with Crippen LogP contribution in [0.15, 0.2) is 0 Å². The summed E-state index contributed by atoms with van der Waals surface area (Å²) in [6, 6.07) is -0.567. The minimum Gasteiger partial charge on any atom is -0.376 e. The summed E-state index contributed by atoms with van der Waals surface area (Å²) >= 11 is 0. The predicted octanol–water partition coefficient (Wildman–Crippen LogP) is -1.20. The molecule has 0 bridgehead atoms. The van der Waals surface area contributed by atoms with Gasteiger partial charge in [-0.1, -0.05) is 0 Å². The van der Waals surface area contributed by atoms with Crippen LogP contribution in [0.5, 0.6) is 0 Å². The molecule has 2 saturated heterocycles. The van der Waals surface area contributed by atoms with Crippen molar-refractivity contribution in [1.82, 2.24) is 10.6 Å². The molecule has 2 heterocycles.